The third-order valence-corrected chi connectivity index (χ3v) is 3.64. The van der Waals surface area contributed by atoms with E-state index in [4.69, 9.17) is 0 Å². The maximum atomic E-state index is 12.3. The highest BCUT2D eigenvalue weighted by molar-refractivity contribution is 5.97. The minimum atomic E-state index is -0.203. The Morgan fingerprint density at radius 2 is 1.86 bits per heavy atom. The van der Waals surface area contributed by atoms with Gasteiger partial charge in [-0.2, -0.15) is 5.26 Å². The number of aryl methyl sites for hydroxylation is 1. The lowest BCUT2D eigenvalue weighted by atomic mass is 9.97. The normalized spacial score (nSPS) is 10.5. The fourth-order valence-electron chi connectivity index (χ4n) is 2.50. The smallest absolute Gasteiger partial charge is 0.260 e. The molecular weight excluding hydrogens is 262 g/mol. The van der Waals surface area contributed by atoms with Crippen molar-refractivity contribution in [1.29, 1.82) is 5.26 Å². The Labute approximate surface area is 121 Å². The van der Waals surface area contributed by atoms with Crippen LogP contribution in [0.5, 0.6) is 0 Å². The average Bonchev–Trinajstić information content (AvgIpc) is 2.52. The summed E-state index contributed by atoms with van der Waals surface area (Å²) in [7, 11) is 1.62. The van der Waals surface area contributed by atoms with Crippen LogP contribution in [0.3, 0.4) is 0 Å². The lowest BCUT2D eigenvalue weighted by molar-refractivity contribution is 0.856. The summed E-state index contributed by atoms with van der Waals surface area (Å²) in [5.74, 6) is 0. The molecule has 0 saturated heterocycles. The predicted octanol–water partition coefficient (Wildman–Crippen LogP) is 2.78. The summed E-state index contributed by atoms with van der Waals surface area (Å²) < 4.78 is 1.39. The zero-order valence-electron chi connectivity index (χ0n) is 11.8. The van der Waals surface area contributed by atoms with Gasteiger partial charge in [-0.25, -0.2) is 0 Å². The van der Waals surface area contributed by atoms with Crippen LogP contribution < -0.4 is 5.56 Å². The molecule has 0 atom stereocenters. The van der Waals surface area contributed by atoms with Crippen LogP contribution in [-0.4, -0.2) is 9.55 Å². The number of fused-ring (bicyclic) bond motifs is 1. The van der Waals surface area contributed by atoms with E-state index in [0.29, 0.717) is 11.1 Å². The fourth-order valence-corrected chi connectivity index (χ4v) is 2.50. The molecule has 0 bridgehead atoms. The second kappa shape index (κ2) is 4.88. The van der Waals surface area contributed by atoms with Crippen LogP contribution in [0.2, 0.25) is 0 Å². The summed E-state index contributed by atoms with van der Waals surface area (Å²) in [6.45, 7) is 2.01. The first kappa shape index (κ1) is 13.1. The lowest BCUT2D eigenvalue weighted by Crippen LogP contribution is -2.20. The van der Waals surface area contributed by atoms with Crippen LogP contribution >= 0.6 is 0 Å². The molecule has 2 aromatic heterocycles. The molecule has 0 radical (unpaired) electrons. The van der Waals surface area contributed by atoms with Crippen LogP contribution in [0, 0.1) is 18.3 Å². The fraction of sp³-hybridized carbons (Fsp3) is 0.118. The maximum absolute atomic E-state index is 12.3. The zero-order valence-corrected chi connectivity index (χ0v) is 11.8. The molecule has 0 saturated carbocycles. The number of benzene rings is 1. The van der Waals surface area contributed by atoms with Gasteiger partial charge in [0.1, 0.15) is 11.8 Å². The molecule has 0 amide bonds. The van der Waals surface area contributed by atoms with Gasteiger partial charge in [0.25, 0.3) is 5.56 Å². The Bertz CT molecular complexity index is 931. The molecule has 4 nitrogen and oxygen atoms in total. The second-order valence-corrected chi connectivity index (χ2v) is 4.99. The number of nitriles is 1. The summed E-state index contributed by atoms with van der Waals surface area (Å²) >= 11 is 0. The van der Waals surface area contributed by atoms with Crippen molar-refractivity contribution in [3.8, 4) is 17.2 Å². The van der Waals surface area contributed by atoms with Gasteiger partial charge < -0.3 is 4.57 Å². The summed E-state index contributed by atoms with van der Waals surface area (Å²) in [5, 5.41) is 10.8. The first-order chi connectivity index (χ1) is 10.1. The van der Waals surface area contributed by atoms with Gasteiger partial charge in [0, 0.05) is 30.4 Å². The van der Waals surface area contributed by atoms with Gasteiger partial charge in [-0.15, -0.1) is 0 Å². The summed E-state index contributed by atoms with van der Waals surface area (Å²) in [6.07, 6.45) is 3.19. The van der Waals surface area contributed by atoms with Crippen molar-refractivity contribution in [2.24, 2.45) is 7.05 Å². The van der Waals surface area contributed by atoms with Crippen LogP contribution in [0.25, 0.3) is 21.9 Å². The SMILES string of the molecule is Cc1ccc(-c2c(C#N)n(C)c(=O)c3cnccc23)cc1. The van der Waals surface area contributed by atoms with E-state index >= 15 is 0 Å². The number of hydrogen-bond acceptors (Lipinski definition) is 3. The van der Waals surface area contributed by atoms with E-state index in [1.165, 1.54) is 4.57 Å². The monoisotopic (exact) mass is 275 g/mol. The van der Waals surface area contributed by atoms with Crippen LogP contribution in [0.1, 0.15) is 11.3 Å². The minimum Gasteiger partial charge on any atom is -0.302 e. The molecule has 0 spiro atoms. The molecule has 3 rings (SSSR count). The van der Waals surface area contributed by atoms with E-state index in [1.54, 1.807) is 25.5 Å². The van der Waals surface area contributed by atoms with Crippen molar-refractivity contribution in [3.05, 3.63) is 64.3 Å². The Morgan fingerprint density at radius 3 is 2.52 bits per heavy atom. The third kappa shape index (κ3) is 2.00. The zero-order chi connectivity index (χ0) is 15.0. The van der Waals surface area contributed by atoms with E-state index in [1.807, 2.05) is 31.2 Å². The summed E-state index contributed by atoms with van der Waals surface area (Å²) in [4.78, 5) is 16.3. The second-order valence-electron chi connectivity index (χ2n) is 4.99. The topological polar surface area (TPSA) is 58.7 Å². The van der Waals surface area contributed by atoms with Crippen molar-refractivity contribution >= 4 is 10.8 Å². The third-order valence-electron chi connectivity index (χ3n) is 3.64. The number of nitrogens with zero attached hydrogens (tertiary/aromatic N) is 3. The molecule has 3 aromatic rings. The van der Waals surface area contributed by atoms with Gasteiger partial charge in [-0.1, -0.05) is 29.8 Å². The first-order valence-corrected chi connectivity index (χ1v) is 6.57. The van der Waals surface area contributed by atoms with E-state index in [-0.39, 0.29) is 5.56 Å². The van der Waals surface area contributed by atoms with E-state index in [0.717, 1.165) is 22.1 Å². The molecule has 0 fully saturated rings. The average molecular weight is 275 g/mol. The largest absolute Gasteiger partial charge is 0.302 e. The summed E-state index contributed by atoms with van der Waals surface area (Å²) in [5.41, 5.74) is 3.00. The minimum absolute atomic E-state index is 0.203. The first-order valence-electron chi connectivity index (χ1n) is 6.57. The quantitative estimate of drug-likeness (QED) is 0.686. The molecule has 21 heavy (non-hydrogen) atoms. The van der Waals surface area contributed by atoms with Gasteiger partial charge in [-0.05, 0) is 18.6 Å². The Kier molecular flexibility index (Phi) is 3.03. The van der Waals surface area contributed by atoms with Crippen molar-refractivity contribution < 1.29 is 0 Å². The molecule has 2 heterocycles. The number of hydrogen-bond donors (Lipinski definition) is 0. The van der Waals surface area contributed by atoms with E-state index < -0.39 is 0 Å². The summed E-state index contributed by atoms with van der Waals surface area (Å²) in [6, 6.07) is 11.9. The molecule has 0 aliphatic rings. The highest BCUT2D eigenvalue weighted by Crippen LogP contribution is 2.29. The van der Waals surface area contributed by atoms with Gasteiger partial charge in [0.05, 0.1) is 5.39 Å². The molecule has 0 N–H and O–H groups in total. The molecule has 0 aliphatic heterocycles. The molecule has 0 unspecified atom stereocenters. The standard InChI is InChI=1S/C17H13N3O/c1-11-3-5-12(6-4-11)16-13-7-8-19-10-14(13)17(21)20(2)15(16)9-18/h3-8,10H,1-2H3. The lowest BCUT2D eigenvalue weighted by Gasteiger charge is -2.12. The molecule has 0 aliphatic carbocycles. The van der Waals surface area contributed by atoms with E-state index in [9.17, 15) is 10.1 Å². The highest BCUT2D eigenvalue weighted by Gasteiger charge is 2.15. The van der Waals surface area contributed by atoms with Gasteiger partial charge >= 0.3 is 0 Å². The number of pyridine rings is 2. The number of rotatable bonds is 1. The van der Waals surface area contributed by atoms with E-state index in [2.05, 4.69) is 11.1 Å². The van der Waals surface area contributed by atoms with Gasteiger partial charge in [0.2, 0.25) is 0 Å². The Balaban J connectivity index is 2.51. The van der Waals surface area contributed by atoms with Crippen LogP contribution in [0.4, 0.5) is 0 Å². The van der Waals surface area contributed by atoms with Crippen molar-refractivity contribution in [3.63, 3.8) is 0 Å². The molecule has 102 valence electrons. The Morgan fingerprint density at radius 1 is 1.14 bits per heavy atom. The molecular formula is C17H13N3O. The van der Waals surface area contributed by atoms with Crippen molar-refractivity contribution in [2.45, 2.75) is 6.92 Å². The Hall–Kier alpha value is -2.93. The predicted molar refractivity (Wildman–Crippen MR) is 81.9 cm³/mol. The highest BCUT2D eigenvalue weighted by atomic mass is 16.1. The van der Waals surface area contributed by atoms with Gasteiger partial charge in [0.15, 0.2) is 0 Å². The van der Waals surface area contributed by atoms with Crippen LogP contribution in [0.15, 0.2) is 47.5 Å². The molecule has 1 aromatic carbocycles. The van der Waals surface area contributed by atoms with Crippen molar-refractivity contribution in [1.82, 2.24) is 9.55 Å². The van der Waals surface area contributed by atoms with Gasteiger partial charge in [-0.3, -0.25) is 9.78 Å². The maximum Gasteiger partial charge on any atom is 0.260 e. The number of aromatic nitrogens is 2. The van der Waals surface area contributed by atoms with Crippen LogP contribution in [-0.2, 0) is 7.05 Å². The molecule has 4 heteroatoms. The van der Waals surface area contributed by atoms with Crippen molar-refractivity contribution in [2.75, 3.05) is 0 Å².